The van der Waals surface area contributed by atoms with E-state index in [2.05, 4.69) is 10.3 Å². The molecular weight excluding hydrogens is 230 g/mol. The maximum absolute atomic E-state index is 5.87. The lowest BCUT2D eigenvalue weighted by atomic mass is 10.2. The maximum Gasteiger partial charge on any atom is 0.112 e. The molecule has 0 fully saturated rings. The summed E-state index contributed by atoms with van der Waals surface area (Å²) in [6, 6.07) is 5.36. The number of nitrogens with two attached hydrogens (primary N) is 1. The summed E-state index contributed by atoms with van der Waals surface area (Å²) < 4.78 is 0. The summed E-state index contributed by atoms with van der Waals surface area (Å²) in [5, 5.41) is 6.83. The van der Waals surface area contributed by atoms with Crippen molar-refractivity contribution in [2.24, 2.45) is 0 Å². The Morgan fingerprint density at radius 1 is 1.47 bits per heavy atom. The van der Waals surface area contributed by atoms with Crippen molar-refractivity contribution in [3.63, 3.8) is 0 Å². The van der Waals surface area contributed by atoms with E-state index >= 15 is 0 Å². The highest BCUT2D eigenvalue weighted by molar-refractivity contribution is 7.09. The summed E-state index contributed by atoms with van der Waals surface area (Å²) in [6.07, 6.45) is 1.78. The smallest absolute Gasteiger partial charge is 0.112 e. The van der Waals surface area contributed by atoms with Crippen LogP contribution < -0.4 is 11.1 Å². The normalized spacial score (nSPS) is 10.2. The van der Waals surface area contributed by atoms with E-state index in [1.54, 1.807) is 29.7 Å². The minimum Gasteiger partial charge on any atom is -0.397 e. The fourth-order valence-corrected chi connectivity index (χ4v) is 1.92. The van der Waals surface area contributed by atoms with E-state index in [0.717, 1.165) is 10.7 Å². The summed E-state index contributed by atoms with van der Waals surface area (Å²) >= 11 is 7.47. The molecule has 0 saturated heterocycles. The Hall–Kier alpha value is -1.26. The zero-order chi connectivity index (χ0) is 10.7. The van der Waals surface area contributed by atoms with Gasteiger partial charge in [0.2, 0.25) is 0 Å². The molecule has 5 heteroatoms. The predicted molar refractivity (Wildman–Crippen MR) is 65.3 cm³/mol. The van der Waals surface area contributed by atoms with Crippen LogP contribution >= 0.6 is 22.9 Å². The standard InChI is InChI=1S/C10H10ClN3S/c11-7-1-2-8(12)9(5-7)14-6-10-13-3-4-15-10/h1-5,14H,6,12H2. The monoisotopic (exact) mass is 239 g/mol. The van der Waals surface area contributed by atoms with Gasteiger partial charge in [-0.05, 0) is 18.2 Å². The molecule has 1 aromatic heterocycles. The summed E-state index contributed by atoms with van der Waals surface area (Å²) in [5.74, 6) is 0. The van der Waals surface area contributed by atoms with Crippen molar-refractivity contribution in [1.82, 2.24) is 4.98 Å². The lowest BCUT2D eigenvalue weighted by molar-refractivity contribution is 1.10. The van der Waals surface area contributed by atoms with Gasteiger partial charge in [-0.3, -0.25) is 0 Å². The molecule has 0 atom stereocenters. The minimum atomic E-state index is 0.669. The number of nitrogens with zero attached hydrogens (tertiary/aromatic N) is 1. The van der Waals surface area contributed by atoms with Gasteiger partial charge in [0, 0.05) is 16.6 Å². The topological polar surface area (TPSA) is 50.9 Å². The van der Waals surface area contributed by atoms with Gasteiger partial charge in [0.1, 0.15) is 5.01 Å². The number of rotatable bonds is 3. The molecule has 0 aliphatic rings. The van der Waals surface area contributed by atoms with Crippen LogP contribution in [0.5, 0.6) is 0 Å². The summed E-state index contributed by atoms with van der Waals surface area (Å²) in [6.45, 7) is 0.669. The Kier molecular flexibility index (Phi) is 3.08. The first kappa shape index (κ1) is 10.3. The SMILES string of the molecule is Nc1ccc(Cl)cc1NCc1nccs1. The quantitative estimate of drug-likeness (QED) is 0.810. The molecule has 1 aromatic carbocycles. The van der Waals surface area contributed by atoms with Gasteiger partial charge in [-0.1, -0.05) is 11.6 Å². The molecule has 3 nitrogen and oxygen atoms in total. The predicted octanol–water partition coefficient (Wildman–Crippen LogP) is 2.99. The second-order valence-electron chi connectivity index (χ2n) is 3.01. The van der Waals surface area contributed by atoms with Gasteiger partial charge in [-0.25, -0.2) is 4.98 Å². The van der Waals surface area contributed by atoms with E-state index in [9.17, 15) is 0 Å². The van der Waals surface area contributed by atoms with Crippen molar-refractivity contribution in [3.05, 3.63) is 39.8 Å². The molecule has 0 aliphatic carbocycles. The first-order valence-electron chi connectivity index (χ1n) is 4.43. The average Bonchev–Trinajstić information content (AvgIpc) is 2.72. The lowest BCUT2D eigenvalue weighted by Gasteiger charge is -2.07. The van der Waals surface area contributed by atoms with E-state index in [4.69, 9.17) is 17.3 Å². The van der Waals surface area contributed by atoms with Crippen LogP contribution in [0.3, 0.4) is 0 Å². The second kappa shape index (κ2) is 4.51. The van der Waals surface area contributed by atoms with Crippen LogP contribution in [-0.2, 0) is 6.54 Å². The third-order valence-electron chi connectivity index (χ3n) is 1.93. The van der Waals surface area contributed by atoms with Crippen molar-refractivity contribution in [2.45, 2.75) is 6.54 Å². The fraction of sp³-hybridized carbons (Fsp3) is 0.100. The van der Waals surface area contributed by atoms with Crippen LogP contribution in [-0.4, -0.2) is 4.98 Å². The minimum absolute atomic E-state index is 0.669. The van der Waals surface area contributed by atoms with Gasteiger partial charge >= 0.3 is 0 Å². The number of aromatic nitrogens is 1. The molecule has 78 valence electrons. The molecule has 1 heterocycles. The van der Waals surface area contributed by atoms with Crippen molar-refractivity contribution < 1.29 is 0 Å². The van der Waals surface area contributed by atoms with Crippen molar-refractivity contribution in [1.29, 1.82) is 0 Å². The van der Waals surface area contributed by atoms with E-state index in [0.29, 0.717) is 17.3 Å². The number of thiazole rings is 1. The molecule has 0 bridgehead atoms. The number of hydrogen-bond donors (Lipinski definition) is 2. The molecule has 3 N–H and O–H groups in total. The third-order valence-corrected chi connectivity index (χ3v) is 2.94. The first-order chi connectivity index (χ1) is 7.25. The van der Waals surface area contributed by atoms with Gasteiger partial charge in [-0.2, -0.15) is 0 Å². The first-order valence-corrected chi connectivity index (χ1v) is 5.69. The number of halogens is 1. The van der Waals surface area contributed by atoms with Crippen LogP contribution in [0.2, 0.25) is 5.02 Å². The number of nitrogens with one attached hydrogen (secondary N) is 1. The van der Waals surface area contributed by atoms with Crippen LogP contribution in [0.25, 0.3) is 0 Å². The molecule has 0 spiro atoms. The Morgan fingerprint density at radius 2 is 2.33 bits per heavy atom. The highest BCUT2D eigenvalue weighted by Gasteiger charge is 2.00. The number of benzene rings is 1. The van der Waals surface area contributed by atoms with E-state index in [-0.39, 0.29) is 0 Å². The van der Waals surface area contributed by atoms with Gasteiger partial charge in [-0.15, -0.1) is 11.3 Å². The highest BCUT2D eigenvalue weighted by atomic mass is 35.5. The molecule has 0 amide bonds. The highest BCUT2D eigenvalue weighted by Crippen LogP contribution is 2.23. The van der Waals surface area contributed by atoms with Gasteiger partial charge < -0.3 is 11.1 Å². The Labute approximate surface area is 96.9 Å². The summed E-state index contributed by atoms with van der Waals surface area (Å²) in [4.78, 5) is 4.17. The van der Waals surface area contributed by atoms with Crippen molar-refractivity contribution >= 4 is 34.3 Å². The Morgan fingerprint density at radius 3 is 3.07 bits per heavy atom. The van der Waals surface area contributed by atoms with Gasteiger partial charge in [0.05, 0.1) is 17.9 Å². The number of hydrogen-bond acceptors (Lipinski definition) is 4. The molecule has 0 saturated carbocycles. The van der Waals surface area contributed by atoms with Crippen molar-refractivity contribution in [2.75, 3.05) is 11.1 Å². The zero-order valence-corrected chi connectivity index (χ0v) is 9.48. The van der Waals surface area contributed by atoms with Crippen LogP contribution in [0, 0.1) is 0 Å². The van der Waals surface area contributed by atoms with Crippen LogP contribution in [0.4, 0.5) is 11.4 Å². The zero-order valence-electron chi connectivity index (χ0n) is 7.90. The fourth-order valence-electron chi connectivity index (χ4n) is 1.19. The van der Waals surface area contributed by atoms with Gasteiger partial charge in [0.15, 0.2) is 0 Å². The van der Waals surface area contributed by atoms with E-state index < -0.39 is 0 Å². The van der Waals surface area contributed by atoms with Crippen LogP contribution in [0.15, 0.2) is 29.8 Å². The third kappa shape index (κ3) is 2.61. The number of nitrogen functional groups attached to an aromatic ring is 1. The molecular formula is C10H10ClN3S. The molecule has 0 aliphatic heterocycles. The Balaban J connectivity index is 2.07. The molecule has 2 rings (SSSR count). The maximum atomic E-state index is 5.87. The van der Waals surface area contributed by atoms with E-state index in [1.807, 2.05) is 11.4 Å². The summed E-state index contributed by atoms with van der Waals surface area (Å²) in [7, 11) is 0. The van der Waals surface area contributed by atoms with Gasteiger partial charge in [0.25, 0.3) is 0 Å². The number of anilines is 2. The average molecular weight is 240 g/mol. The molecule has 0 unspecified atom stereocenters. The molecule has 15 heavy (non-hydrogen) atoms. The molecule has 2 aromatic rings. The van der Waals surface area contributed by atoms with Crippen molar-refractivity contribution in [3.8, 4) is 0 Å². The Bertz CT molecular complexity index is 442. The second-order valence-corrected chi connectivity index (χ2v) is 4.43. The lowest BCUT2D eigenvalue weighted by Crippen LogP contribution is -2.01. The largest absolute Gasteiger partial charge is 0.397 e. The summed E-state index contributed by atoms with van der Waals surface area (Å²) in [5.41, 5.74) is 7.33. The van der Waals surface area contributed by atoms with Crippen LogP contribution in [0.1, 0.15) is 5.01 Å². The molecule has 0 radical (unpaired) electrons. The van der Waals surface area contributed by atoms with E-state index in [1.165, 1.54) is 0 Å².